The Morgan fingerprint density at radius 1 is 0.273 bits per heavy atom. The summed E-state index contributed by atoms with van der Waals surface area (Å²) in [5, 5.41) is 2.41. The highest BCUT2D eigenvalue weighted by Crippen LogP contribution is 2.40. The van der Waals surface area contributed by atoms with Crippen molar-refractivity contribution in [3.63, 3.8) is 0 Å². The Kier molecular flexibility index (Phi) is 8.12. The fourth-order valence-electron chi connectivity index (χ4n) is 7.60. The van der Waals surface area contributed by atoms with Crippen LogP contribution in [0.5, 0.6) is 0 Å². The number of para-hydroxylation sites is 2. The molecule has 0 saturated heterocycles. The Morgan fingerprint density at radius 2 is 0.655 bits per heavy atom. The van der Waals surface area contributed by atoms with Crippen molar-refractivity contribution in [1.29, 1.82) is 0 Å². The molecule has 55 heavy (non-hydrogen) atoms. The van der Waals surface area contributed by atoms with Crippen LogP contribution in [0.2, 0.25) is 0 Å². The van der Waals surface area contributed by atoms with Crippen LogP contribution in [0.3, 0.4) is 0 Å². The van der Waals surface area contributed by atoms with Crippen LogP contribution in [0.4, 0.5) is 0 Å². The number of aromatic nitrogens is 4. The van der Waals surface area contributed by atoms with Crippen LogP contribution in [0.15, 0.2) is 206 Å². The van der Waals surface area contributed by atoms with Gasteiger partial charge in [0.05, 0.1) is 16.7 Å². The van der Waals surface area contributed by atoms with Crippen LogP contribution >= 0.6 is 0 Å². The smallest absolute Gasteiger partial charge is 0.164 e. The molecule has 10 rings (SSSR count). The Bertz CT molecular complexity index is 2790. The van der Waals surface area contributed by atoms with Gasteiger partial charge in [0.2, 0.25) is 0 Å². The van der Waals surface area contributed by atoms with Gasteiger partial charge < -0.3 is 4.57 Å². The lowest BCUT2D eigenvalue weighted by Gasteiger charge is -2.18. The molecule has 4 nitrogen and oxygen atoms in total. The standard InChI is InChI=1S/C51H34N4/c1-5-17-35(18-6-1)40-31-41(36-19-7-2-8-20-36)33-42(32-40)43-30-29-39(34-48(43)55-46-27-15-13-25-44(46)45-26-14-16-28-47(45)55)51-53-49(37-21-9-3-10-22-37)52-50(54-51)38-23-11-4-12-24-38/h1-34H. The summed E-state index contributed by atoms with van der Waals surface area (Å²) < 4.78 is 2.40. The van der Waals surface area contributed by atoms with E-state index in [9.17, 15) is 0 Å². The van der Waals surface area contributed by atoms with Crippen molar-refractivity contribution in [1.82, 2.24) is 19.5 Å². The van der Waals surface area contributed by atoms with E-state index in [2.05, 4.69) is 150 Å². The lowest BCUT2D eigenvalue weighted by molar-refractivity contribution is 1.07. The first-order chi connectivity index (χ1) is 27.3. The van der Waals surface area contributed by atoms with Gasteiger partial charge in [-0.05, 0) is 64.2 Å². The van der Waals surface area contributed by atoms with E-state index in [1.54, 1.807) is 0 Å². The Hall–Kier alpha value is -7.43. The van der Waals surface area contributed by atoms with Crippen molar-refractivity contribution in [3.05, 3.63) is 206 Å². The van der Waals surface area contributed by atoms with E-state index in [0.29, 0.717) is 17.5 Å². The summed E-state index contributed by atoms with van der Waals surface area (Å²) in [4.78, 5) is 15.2. The van der Waals surface area contributed by atoms with Crippen LogP contribution in [-0.2, 0) is 0 Å². The van der Waals surface area contributed by atoms with E-state index < -0.39 is 0 Å². The first-order valence-corrected chi connectivity index (χ1v) is 18.5. The van der Waals surface area contributed by atoms with Crippen molar-refractivity contribution in [2.45, 2.75) is 0 Å². The SMILES string of the molecule is c1ccc(-c2cc(-c3ccccc3)cc(-c3ccc(-c4nc(-c5ccccc5)nc(-c5ccccc5)n4)cc3-n3c4ccccc4c4ccccc43)c2)cc1. The normalized spacial score (nSPS) is 11.3. The zero-order valence-electron chi connectivity index (χ0n) is 29.9. The molecule has 10 aromatic rings. The van der Waals surface area contributed by atoms with Crippen molar-refractivity contribution >= 4 is 21.8 Å². The van der Waals surface area contributed by atoms with E-state index in [1.807, 2.05) is 60.7 Å². The highest BCUT2D eigenvalue weighted by atomic mass is 15.0. The third-order valence-electron chi connectivity index (χ3n) is 10.2. The Morgan fingerprint density at radius 3 is 1.13 bits per heavy atom. The Balaban J connectivity index is 1.26. The van der Waals surface area contributed by atoms with Crippen LogP contribution in [-0.4, -0.2) is 19.5 Å². The Labute approximate surface area is 319 Å². The maximum absolute atomic E-state index is 5.12. The number of rotatable bonds is 7. The minimum absolute atomic E-state index is 0.615. The van der Waals surface area contributed by atoms with Gasteiger partial charge in [-0.3, -0.25) is 0 Å². The molecule has 2 aromatic heterocycles. The second-order valence-electron chi connectivity index (χ2n) is 13.7. The van der Waals surface area contributed by atoms with Gasteiger partial charge in [-0.15, -0.1) is 0 Å². The molecule has 8 aromatic carbocycles. The maximum atomic E-state index is 5.12. The molecule has 0 radical (unpaired) electrons. The minimum atomic E-state index is 0.615. The summed E-state index contributed by atoms with van der Waals surface area (Å²) in [6.07, 6.45) is 0. The summed E-state index contributed by atoms with van der Waals surface area (Å²) in [6, 6.07) is 72.4. The molecule has 0 amide bonds. The predicted molar refractivity (Wildman–Crippen MR) is 227 cm³/mol. The van der Waals surface area contributed by atoms with E-state index >= 15 is 0 Å². The fourth-order valence-corrected chi connectivity index (χ4v) is 7.60. The van der Waals surface area contributed by atoms with Gasteiger partial charge in [0.15, 0.2) is 17.5 Å². The molecular weight excluding hydrogens is 669 g/mol. The lowest BCUT2D eigenvalue weighted by atomic mass is 9.92. The lowest BCUT2D eigenvalue weighted by Crippen LogP contribution is -2.02. The number of fused-ring (bicyclic) bond motifs is 3. The summed E-state index contributed by atoms with van der Waals surface area (Å²) in [6.45, 7) is 0. The number of benzene rings is 8. The summed E-state index contributed by atoms with van der Waals surface area (Å²) in [7, 11) is 0. The summed E-state index contributed by atoms with van der Waals surface area (Å²) in [5.41, 5.74) is 13.0. The van der Waals surface area contributed by atoms with Crippen molar-refractivity contribution in [2.24, 2.45) is 0 Å². The van der Waals surface area contributed by atoms with Crippen LogP contribution < -0.4 is 0 Å². The predicted octanol–water partition coefficient (Wildman–Crippen LogP) is 13.0. The van der Waals surface area contributed by atoms with Crippen LogP contribution in [0.1, 0.15) is 0 Å². The first-order valence-electron chi connectivity index (χ1n) is 18.5. The van der Waals surface area contributed by atoms with E-state index in [4.69, 9.17) is 15.0 Å². The third-order valence-corrected chi connectivity index (χ3v) is 10.2. The fraction of sp³-hybridized carbons (Fsp3) is 0. The van der Waals surface area contributed by atoms with Gasteiger partial charge in [0, 0.05) is 33.0 Å². The molecule has 0 unspecified atom stereocenters. The molecule has 4 heteroatoms. The first kappa shape index (κ1) is 32.2. The highest BCUT2D eigenvalue weighted by Gasteiger charge is 2.20. The second kappa shape index (κ2) is 13.8. The van der Waals surface area contributed by atoms with Crippen molar-refractivity contribution < 1.29 is 0 Å². The molecule has 2 heterocycles. The van der Waals surface area contributed by atoms with Crippen LogP contribution in [0.25, 0.3) is 95.0 Å². The third kappa shape index (κ3) is 6.06. The number of hydrogen-bond donors (Lipinski definition) is 0. The number of hydrogen-bond acceptors (Lipinski definition) is 3. The van der Waals surface area contributed by atoms with Gasteiger partial charge >= 0.3 is 0 Å². The van der Waals surface area contributed by atoms with Gasteiger partial charge in [-0.25, -0.2) is 15.0 Å². The maximum Gasteiger partial charge on any atom is 0.164 e. The molecule has 0 aliphatic heterocycles. The average molecular weight is 703 g/mol. The molecule has 258 valence electrons. The highest BCUT2D eigenvalue weighted by molar-refractivity contribution is 6.10. The van der Waals surface area contributed by atoms with Gasteiger partial charge in [-0.1, -0.05) is 170 Å². The van der Waals surface area contributed by atoms with Gasteiger partial charge in [0.1, 0.15) is 0 Å². The average Bonchev–Trinajstić information content (AvgIpc) is 3.61. The quantitative estimate of drug-likeness (QED) is 0.166. The van der Waals surface area contributed by atoms with E-state index in [1.165, 1.54) is 21.9 Å². The molecule has 0 N–H and O–H groups in total. The molecule has 0 aliphatic carbocycles. The number of nitrogens with zero attached hydrogens (tertiary/aromatic N) is 4. The second-order valence-corrected chi connectivity index (χ2v) is 13.7. The van der Waals surface area contributed by atoms with Gasteiger partial charge in [0.25, 0.3) is 0 Å². The van der Waals surface area contributed by atoms with Crippen molar-refractivity contribution in [2.75, 3.05) is 0 Å². The zero-order chi connectivity index (χ0) is 36.6. The molecule has 0 spiro atoms. The summed E-state index contributed by atoms with van der Waals surface area (Å²) in [5.74, 6) is 1.88. The molecule has 0 aliphatic rings. The largest absolute Gasteiger partial charge is 0.309 e. The van der Waals surface area contributed by atoms with E-state index in [0.717, 1.165) is 55.7 Å². The topological polar surface area (TPSA) is 43.6 Å². The van der Waals surface area contributed by atoms with Crippen LogP contribution in [0, 0.1) is 0 Å². The molecule has 0 bridgehead atoms. The minimum Gasteiger partial charge on any atom is -0.309 e. The monoisotopic (exact) mass is 702 g/mol. The van der Waals surface area contributed by atoms with Gasteiger partial charge in [-0.2, -0.15) is 0 Å². The summed E-state index contributed by atoms with van der Waals surface area (Å²) >= 11 is 0. The van der Waals surface area contributed by atoms with Crippen molar-refractivity contribution in [3.8, 4) is 73.2 Å². The molecule has 0 atom stereocenters. The van der Waals surface area contributed by atoms with E-state index in [-0.39, 0.29) is 0 Å². The molecular formula is C51H34N4. The molecule has 0 fully saturated rings. The molecule has 0 saturated carbocycles. The zero-order valence-corrected chi connectivity index (χ0v) is 29.9.